The van der Waals surface area contributed by atoms with Gasteiger partial charge in [-0.15, -0.1) is 0 Å². The van der Waals surface area contributed by atoms with Gasteiger partial charge in [-0.3, -0.25) is 40.3 Å². The van der Waals surface area contributed by atoms with Gasteiger partial charge in [-0.05, 0) is 30.3 Å². The number of nitro benzene ring substituents is 1. The first-order valence-electron chi connectivity index (χ1n) is 8.66. The zero-order chi connectivity index (χ0) is 22.4. The highest BCUT2D eigenvalue weighted by atomic mass is 32.2. The first-order chi connectivity index (χ1) is 14.8. The predicted molar refractivity (Wildman–Crippen MR) is 110 cm³/mol. The van der Waals surface area contributed by atoms with E-state index in [2.05, 4.69) is 20.6 Å². The van der Waals surface area contributed by atoms with E-state index in [9.17, 15) is 28.1 Å². The number of para-hydroxylation sites is 1. The van der Waals surface area contributed by atoms with E-state index in [1.165, 1.54) is 48.7 Å². The van der Waals surface area contributed by atoms with Crippen molar-refractivity contribution in [1.82, 2.24) is 15.8 Å². The Bertz CT molecular complexity index is 1250. The van der Waals surface area contributed by atoms with E-state index < -0.39 is 32.4 Å². The van der Waals surface area contributed by atoms with Crippen molar-refractivity contribution in [2.75, 3.05) is 4.72 Å². The monoisotopic (exact) mass is 441 g/mol. The summed E-state index contributed by atoms with van der Waals surface area (Å²) in [6, 6.07) is 14.8. The Hall–Kier alpha value is -4.32. The van der Waals surface area contributed by atoms with Gasteiger partial charge in [0.25, 0.3) is 27.5 Å². The summed E-state index contributed by atoms with van der Waals surface area (Å²) in [6.07, 6.45) is 1.41. The highest BCUT2D eigenvalue weighted by Crippen LogP contribution is 2.22. The van der Waals surface area contributed by atoms with Crippen LogP contribution in [0.25, 0.3) is 0 Å². The molecule has 2 amide bonds. The van der Waals surface area contributed by atoms with Crippen LogP contribution in [-0.2, 0) is 10.0 Å². The Morgan fingerprint density at radius 3 is 2.32 bits per heavy atom. The summed E-state index contributed by atoms with van der Waals surface area (Å²) < 4.78 is 27.6. The summed E-state index contributed by atoms with van der Waals surface area (Å²) in [5.74, 6) is -1.45. The van der Waals surface area contributed by atoms with Gasteiger partial charge >= 0.3 is 0 Å². The summed E-state index contributed by atoms with van der Waals surface area (Å²) in [6.45, 7) is 0. The van der Waals surface area contributed by atoms with Gasteiger partial charge in [0.05, 0.1) is 21.1 Å². The summed E-state index contributed by atoms with van der Waals surface area (Å²) in [5.41, 5.74) is 3.87. The number of anilines is 1. The molecular weight excluding hydrogens is 426 g/mol. The van der Waals surface area contributed by atoms with Crippen molar-refractivity contribution in [2.24, 2.45) is 0 Å². The largest absolute Gasteiger partial charge is 0.288 e. The lowest BCUT2D eigenvalue weighted by Gasteiger charge is -2.13. The predicted octanol–water partition coefficient (Wildman–Crippen LogP) is 1.87. The quantitative estimate of drug-likeness (QED) is 0.389. The third-order valence-corrected chi connectivity index (χ3v) is 5.31. The Balaban J connectivity index is 1.78. The maximum atomic E-state index is 12.7. The van der Waals surface area contributed by atoms with Crippen molar-refractivity contribution >= 4 is 33.2 Å². The van der Waals surface area contributed by atoms with Crippen LogP contribution in [0.4, 0.5) is 11.4 Å². The van der Waals surface area contributed by atoms with Crippen LogP contribution in [0.2, 0.25) is 0 Å². The van der Waals surface area contributed by atoms with Gasteiger partial charge < -0.3 is 0 Å². The molecule has 0 saturated heterocycles. The zero-order valence-electron chi connectivity index (χ0n) is 15.7. The molecule has 1 heterocycles. The molecular formula is C19H15N5O6S. The molecule has 0 saturated carbocycles. The Labute approximate surface area is 176 Å². The van der Waals surface area contributed by atoms with Crippen molar-refractivity contribution in [3.63, 3.8) is 0 Å². The topological polar surface area (TPSA) is 160 Å². The summed E-state index contributed by atoms with van der Waals surface area (Å²) >= 11 is 0. The van der Waals surface area contributed by atoms with Crippen LogP contribution in [0.15, 0.2) is 77.8 Å². The fourth-order valence-corrected chi connectivity index (χ4v) is 3.60. The SMILES string of the molecule is O=C(NNC(=O)c1ccccc1NS(=O)(=O)c1cccc([N+](=O)[O-])c1)c1ccccn1. The number of hydrogen-bond acceptors (Lipinski definition) is 7. The molecule has 31 heavy (non-hydrogen) atoms. The Kier molecular flexibility index (Phi) is 6.21. The molecule has 3 aromatic rings. The van der Waals surface area contributed by atoms with Crippen LogP contribution < -0.4 is 15.6 Å². The number of rotatable bonds is 6. The van der Waals surface area contributed by atoms with E-state index in [1.54, 1.807) is 12.1 Å². The smallest absolute Gasteiger partial charge is 0.279 e. The van der Waals surface area contributed by atoms with Gasteiger partial charge in [-0.2, -0.15) is 0 Å². The van der Waals surface area contributed by atoms with Crippen LogP contribution in [-0.4, -0.2) is 30.1 Å². The number of aromatic nitrogens is 1. The highest BCUT2D eigenvalue weighted by molar-refractivity contribution is 7.92. The van der Waals surface area contributed by atoms with Crippen molar-refractivity contribution in [3.8, 4) is 0 Å². The zero-order valence-corrected chi connectivity index (χ0v) is 16.5. The van der Waals surface area contributed by atoms with Gasteiger partial charge in [0.2, 0.25) is 0 Å². The molecule has 3 N–H and O–H groups in total. The van der Waals surface area contributed by atoms with Crippen LogP contribution in [0, 0.1) is 10.1 Å². The van der Waals surface area contributed by atoms with E-state index in [-0.39, 0.29) is 21.8 Å². The molecule has 0 unspecified atom stereocenters. The average Bonchev–Trinajstić information content (AvgIpc) is 2.78. The number of nitro groups is 1. The molecule has 158 valence electrons. The fourth-order valence-electron chi connectivity index (χ4n) is 2.48. The van der Waals surface area contributed by atoms with Gasteiger partial charge in [0.1, 0.15) is 5.69 Å². The minimum atomic E-state index is -4.23. The van der Waals surface area contributed by atoms with E-state index in [0.717, 1.165) is 12.1 Å². The van der Waals surface area contributed by atoms with Crippen molar-refractivity contribution in [2.45, 2.75) is 4.90 Å². The first-order valence-corrected chi connectivity index (χ1v) is 10.1. The summed E-state index contributed by atoms with van der Waals surface area (Å²) in [5, 5.41) is 10.9. The second kappa shape index (κ2) is 9.00. The van der Waals surface area contributed by atoms with E-state index >= 15 is 0 Å². The molecule has 0 aliphatic rings. The molecule has 12 heteroatoms. The lowest BCUT2D eigenvalue weighted by atomic mass is 10.2. The number of benzene rings is 2. The molecule has 0 atom stereocenters. The molecule has 0 fully saturated rings. The third kappa shape index (κ3) is 5.19. The summed E-state index contributed by atoms with van der Waals surface area (Å²) in [4.78, 5) is 38.2. The lowest BCUT2D eigenvalue weighted by Crippen LogP contribution is -2.42. The van der Waals surface area contributed by atoms with Crippen molar-refractivity contribution in [3.05, 3.63) is 94.3 Å². The van der Waals surface area contributed by atoms with E-state index in [1.807, 2.05) is 0 Å². The number of amides is 2. The number of pyridine rings is 1. The van der Waals surface area contributed by atoms with Crippen LogP contribution in [0.1, 0.15) is 20.8 Å². The van der Waals surface area contributed by atoms with Crippen LogP contribution in [0.3, 0.4) is 0 Å². The normalized spacial score (nSPS) is 10.7. The number of nitrogens with one attached hydrogen (secondary N) is 3. The number of carbonyl (C=O) groups excluding carboxylic acids is 2. The number of hydrazine groups is 1. The molecule has 11 nitrogen and oxygen atoms in total. The number of nitrogens with zero attached hydrogens (tertiary/aromatic N) is 2. The first kappa shape index (κ1) is 21.4. The molecule has 3 rings (SSSR count). The molecule has 2 aromatic carbocycles. The highest BCUT2D eigenvalue weighted by Gasteiger charge is 2.21. The standard InChI is InChI=1S/C19H15N5O6S/c25-18(21-22-19(26)17-10-3-4-11-20-17)15-8-1-2-9-16(15)23-31(29,30)14-7-5-6-13(12-14)24(27)28/h1-12,23H,(H,21,25)(H,22,26). The van der Waals surface area contributed by atoms with Gasteiger partial charge in [-0.1, -0.05) is 24.3 Å². The lowest BCUT2D eigenvalue weighted by molar-refractivity contribution is -0.385. The Morgan fingerprint density at radius 1 is 0.903 bits per heavy atom. The van der Waals surface area contributed by atoms with Crippen LogP contribution >= 0.6 is 0 Å². The van der Waals surface area contributed by atoms with Crippen LogP contribution in [0.5, 0.6) is 0 Å². The number of sulfonamides is 1. The van der Waals surface area contributed by atoms with Crippen molar-refractivity contribution in [1.29, 1.82) is 0 Å². The number of carbonyl (C=O) groups is 2. The number of hydrogen-bond donors (Lipinski definition) is 3. The number of non-ortho nitro benzene ring substituents is 1. The van der Waals surface area contributed by atoms with Gasteiger partial charge in [0, 0.05) is 18.3 Å². The Morgan fingerprint density at radius 2 is 1.61 bits per heavy atom. The van der Waals surface area contributed by atoms with E-state index in [4.69, 9.17) is 0 Å². The van der Waals surface area contributed by atoms with E-state index in [0.29, 0.717) is 0 Å². The second-order valence-electron chi connectivity index (χ2n) is 6.03. The van der Waals surface area contributed by atoms with Gasteiger partial charge in [-0.25, -0.2) is 8.42 Å². The third-order valence-electron chi connectivity index (χ3n) is 3.94. The second-order valence-corrected chi connectivity index (χ2v) is 7.71. The fraction of sp³-hybridized carbons (Fsp3) is 0. The van der Waals surface area contributed by atoms with Gasteiger partial charge in [0.15, 0.2) is 0 Å². The molecule has 0 aliphatic heterocycles. The summed E-state index contributed by atoms with van der Waals surface area (Å²) in [7, 11) is -4.23. The molecule has 1 aromatic heterocycles. The average molecular weight is 441 g/mol. The minimum Gasteiger partial charge on any atom is -0.279 e. The minimum absolute atomic E-state index is 0.0717. The maximum absolute atomic E-state index is 12.7. The van der Waals surface area contributed by atoms with Crippen molar-refractivity contribution < 1.29 is 22.9 Å². The molecule has 0 radical (unpaired) electrons. The molecule has 0 aliphatic carbocycles. The maximum Gasteiger partial charge on any atom is 0.288 e. The molecule has 0 bridgehead atoms. The molecule has 0 spiro atoms.